The molecule has 1 heterocycles. The molecule has 6 heteroatoms. The first-order valence-electron chi connectivity index (χ1n) is 10.0. The van der Waals surface area contributed by atoms with E-state index in [9.17, 15) is 18.3 Å². The van der Waals surface area contributed by atoms with Gasteiger partial charge in [-0.2, -0.15) is 0 Å². The number of nitrogens with zero attached hydrogens (tertiary/aromatic N) is 1. The zero-order valence-electron chi connectivity index (χ0n) is 17.3. The van der Waals surface area contributed by atoms with Gasteiger partial charge < -0.3 is 5.11 Å². The Kier molecular flexibility index (Phi) is 5.41. The number of anilines is 1. The minimum absolute atomic E-state index is 0.0299. The van der Waals surface area contributed by atoms with Gasteiger partial charge in [0.05, 0.1) is 4.90 Å². The molecule has 5 nitrogen and oxygen atoms in total. The number of sulfone groups is 1. The van der Waals surface area contributed by atoms with E-state index in [1.807, 2.05) is 18.2 Å². The lowest BCUT2D eigenvalue weighted by molar-refractivity contribution is -0.117. The van der Waals surface area contributed by atoms with E-state index >= 15 is 0 Å². The van der Waals surface area contributed by atoms with Crippen molar-refractivity contribution in [2.24, 2.45) is 0 Å². The number of rotatable bonds is 5. The Labute approximate surface area is 182 Å². The van der Waals surface area contributed by atoms with Crippen molar-refractivity contribution in [1.29, 1.82) is 0 Å². The molecule has 0 aliphatic carbocycles. The molecule has 0 fully saturated rings. The predicted molar refractivity (Wildman–Crippen MR) is 120 cm³/mol. The summed E-state index contributed by atoms with van der Waals surface area (Å²) in [5.41, 5.74) is 2.22. The van der Waals surface area contributed by atoms with Crippen molar-refractivity contribution < 1.29 is 18.3 Å². The summed E-state index contributed by atoms with van der Waals surface area (Å²) in [4.78, 5) is 14.2. The lowest BCUT2D eigenvalue weighted by Gasteiger charge is -2.27. The molecule has 158 valence electrons. The van der Waals surface area contributed by atoms with Gasteiger partial charge in [-0.3, -0.25) is 9.69 Å². The molecule has 4 rings (SSSR count). The number of benzene rings is 3. The number of amides is 1. The van der Waals surface area contributed by atoms with E-state index in [1.165, 1.54) is 17.0 Å². The van der Waals surface area contributed by atoms with Crippen LogP contribution in [0.4, 0.5) is 5.69 Å². The second kappa shape index (κ2) is 8.04. The zero-order valence-corrected chi connectivity index (χ0v) is 18.1. The third-order valence-electron chi connectivity index (χ3n) is 5.46. The minimum atomic E-state index is -4.11. The third-order valence-corrected chi connectivity index (χ3v) is 7.35. The summed E-state index contributed by atoms with van der Waals surface area (Å²) < 4.78 is 27.0. The van der Waals surface area contributed by atoms with Gasteiger partial charge in [-0.25, -0.2) is 8.42 Å². The smallest absolute Gasteiger partial charge is 0.295 e. The van der Waals surface area contributed by atoms with E-state index in [0.717, 1.165) is 5.56 Å². The van der Waals surface area contributed by atoms with Crippen LogP contribution in [0.5, 0.6) is 0 Å². The molecule has 0 saturated carbocycles. The first-order valence-corrected chi connectivity index (χ1v) is 11.5. The fourth-order valence-corrected chi connectivity index (χ4v) is 5.45. The second-order valence-electron chi connectivity index (χ2n) is 7.76. The van der Waals surface area contributed by atoms with E-state index in [-0.39, 0.29) is 9.80 Å². The first-order chi connectivity index (χ1) is 14.8. The SMILES string of the molecule is CC(C)c1ccc(N2C(=O)C(O)=C(S(=O)(=O)c3ccccc3)C2c2ccccc2)cc1. The maximum atomic E-state index is 13.5. The lowest BCUT2D eigenvalue weighted by Crippen LogP contribution is -2.31. The third kappa shape index (κ3) is 3.64. The molecule has 0 radical (unpaired) electrons. The summed E-state index contributed by atoms with van der Waals surface area (Å²) in [5.74, 6) is -1.17. The Morgan fingerprint density at radius 2 is 1.39 bits per heavy atom. The van der Waals surface area contributed by atoms with Crippen LogP contribution in [-0.4, -0.2) is 19.4 Å². The highest BCUT2D eigenvalue weighted by molar-refractivity contribution is 7.95. The molecule has 0 bridgehead atoms. The van der Waals surface area contributed by atoms with Crippen molar-refractivity contribution in [3.63, 3.8) is 0 Å². The Hall–Kier alpha value is -3.38. The van der Waals surface area contributed by atoms with Crippen LogP contribution in [0, 0.1) is 0 Å². The predicted octanol–water partition coefficient (Wildman–Crippen LogP) is 5.14. The van der Waals surface area contributed by atoms with Crippen molar-refractivity contribution >= 4 is 21.4 Å². The van der Waals surface area contributed by atoms with Crippen molar-refractivity contribution in [1.82, 2.24) is 0 Å². The number of hydrogen-bond acceptors (Lipinski definition) is 4. The van der Waals surface area contributed by atoms with E-state index in [1.54, 1.807) is 54.6 Å². The van der Waals surface area contributed by atoms with Gasteiger partial charge >= 0.3 is 0 Å². The molecular weight excluding hydrogens is 410 g/mol. The van der Waals surface area contributed by atoms with Crippen LogP contribution in [0.25, 0.3) is 0 Å². The molecule has 0 spiro atoms. The molecule has 3 aromatic rings. The fraction of sp³-hybridized carbons (Fsp3) is 0.160. The monoisotopic (exact) mass is 433 g/mol. The van der Waals surface area contributed by atoms with Gasteiger partial charge in [0.2, 0.25) is 9.84 Å². The minimum Gasteiger partial charge on any atom is -0.502 e. The topological polar surface area (TPSA) is 74.7 Å². The average molecular weight is 434 g/mol. The summed E-state index contributed by atoms with van der Waals surface area (Å²) >= 11 is 0. The molecule has 0 saturated heterocycles. The Bertz CT molecular complexity index is 1230. The van der Waals surface area contributed by atoms with Crippen molar-refractivity contribution in [3.8, 4) is 0 Å². The highest BCUT2D eigenvalue weighted by Gasteiger charge is 2.47. The summed E-state index contributed by atoms with van der Waals surface area (Å²) in [6, 6.07) is 23.2. The van der Waals surface area contributed by atoms with Gasteiger partial charge in [0.15, 0.2) is 5.76 Å². The van der Waals surface area contributed by atoms with Gasteiger partial charge in [-0.15, -0.1) is 0 Å². The lowest BCUT2D eigenvalue weighted by atomic mass is 10.0. The summed E-state index contributed by atoms with van der Waals surface area (Å²) in [5, 5.41) is 10.8. The quantitative estimate of drug-likeness (QED) is 0.604. The Morgan fingerprint density at radius 1 is 0.839 bits per heavy atom. The fourth-order valence-electron chi connectivity index (χ4n) is 3.81. The second-order valence-corrected chi connectivity index (χ2v) is 9.68. The van der Waals surface area contributed by atoms with Crippen LogP contribution < -0.4 is 4.90 Å². The van der Waals surface area contributed by atoms with Gasteiger partial charge in [-0.05, 0) is 41.3 Å². The Balaban J connectivity index is 1.90. The largest absolute Gasteiger partial charge is 0.502 e. The van der Waals surface area contributed by atoms with Gasteiger partial charge in [0, 0.05) is 5.69 Å². The van der Waals surface area contributed by atoms with Crippen LogP contribution in [0.15, 0.2) is 100 Å². The van der Waals surface area contributed by atoms with E-state index in [0.29, 0.717) is 17.2 Å². The number of carbonyl (C=O) groups is 1. The van der Waals surface area contributed by atoms with Crippen LogP contribution in [-0.2, 0) is 14.6 Å². The van der Waals surface area contributed by atoms with E-state index in [2.05, 4.69) is 13.8 Å². The molecule has 0 aromatic heterocycles. The normalized spacial score (nSPS) is 16.9. The van der Waals surface area contributed by atoms with Crippen LogP contribution in [0.3, 0.4) is 0 Å². The summed E-state index contributed by atoms with van der Waals surface area (Å²) in [6.45, 7) is 4.14. The van der Waals surface area contributed by atoms with Crippen LogP contribution in [0.2, 0.25) is 0 Å². The average Bonchev–Trinajstić information content (AvgIpc) is 3.06. The van der Waals surface area contributed by atoms with E-state index in [4.69, 9.17) is 0 Å². The van der Waals surface area contributed by atoms with Crippen molar-refractivity contribution in [2.45, 2.75) is 30.7 Å². The van der Waals surface area contributed by atoms with Gasteiger partial charge in [0.1, 0.15) is 10.9 Å². The maximum Gasteiger partial charge on any atom is 0.295 e. The summed E-state index contributed by atoms with van der Waals surface area (Å²) in [6.07, 6.45) is 0. The molecule has 1 amide bonds. The van der Waals surface area contributed by atoms with Gasteiger partial charge in [-0.1, -0.05) is 74.5 Å². The van der Waals surface area contributed by atoms with Gasteiger partial charge in [0.25, 0.3) is 5.91 Å². The molecule has 1 N–H and O–H groups in total. The molecule has 31 heavy (non-hydrogen) atoms. The summed E-state index contributed by atoms with van der Waals surface area (Å²) in [7, 11) is -4.11. The Morgan fingerprint density at radius 3 is 1.94 bits per heavy atom. The van der Waals surface area contributed by atoms with Crippen molar-refractivity contribution in [3.05, 3.63) is 107 Å². The van der Waals surface area contributed by atoms with Crippen LogP contribution >= 0.6 is 0 Å². The number of hydrogen-bond donors (Lipinski definition) is 1. The highest BCUT2D eigenvalue weighted by Crippen LogP contribution is 2.44. The zero-order chi connectivity index (χ0) is 22.2. The first kappa shape index (κ1) is 20.9. The van der Waals surface area contributed by atoms with Crippen LogP contribution in [0.1, 0.15) is 36.9 Å². The molecule has 1 atom stereocenters. The number of carbonyl (C=O) groups excluding carboxylic acids is 1. The highest BCUT2D eigenvalue weighted by atomic mass is 32.2. The maximum absolute atomic E-state index is 13.5. The molecule has 1 unspecified atom stereocenters. The molecule has 1 aliphatic rings. The molecule has 1 aliphatic heterocycles. The number of aliphatic hydroxyl groups excluding tert-OH is 1. The van der Waals surface area contributed by atoms with Crippen molar-refractivity contribution in [2.75, 3.05) is 4.90 Å². The number of aliphatic hydroxyl groups is 1. The standard InChI is InChI=1S/C25H23NO4S/c1-17(2)18-13-15-20(16-14-18)26-22(19-9-5-3-6-10-19)24(23(27)25(26)28)31(29,30)21-11-7-4-8-12-21/h3-17,22,27H,1-2H3. The van der Waals surface area contributed by atoms with E-state index < -0.39 is 27.5 Å². The molecule has 3 aromatic carbocycles. The molecular formula is C25H23NO4S.